The van der Waals surface area contributed by atoms with Gasteiger partial charge in [-0.1, -0.05) is 78.9 Å². The van der Waals surface area contributed by atoms with Crippen LogP contribution in [-0.4, -0.2) is 11.0 Å². The molecule has 0 aliphatic carbocycles. The lowest BCUT2D eigenvalue weighted by atomic mass is 9.98. The molecule has 27 heavy (non-hydrogen) atoms. The third-order valence-electron chi connectivity index (χ3n) is 4.95. The van der Waals surface area contributed by atoms with Crippen LogP contribution in [0.5, 0.6) is 0 Å². The molecular weight excluding hydrogens is 334 g/mol. The summed E-state index contributed by atoms with van der Waals surface area (Å²) in [6, 6.07) is 28.1. The zero-order valence-electron chi connectivity index (χ0n) is 14.6. The van der Waals surface area contributed by atoms with E-state index in [1.807, 2.05) is 60.7 Å². The van der Waals surface area contributed by atoms with Gasteiger partial charge in [0, 0.05) is 10.8 Å². The molecule has 130 valence electrons. The lowest BCUT2D eigenvalue weighted by Crippen LogP contribution is -2.05. The number of H-pyrrole nitrogens is 1. The number of hydrogen-bond donors (Lipinski definition) is 1. The van der Waals surface area contributed by atoms with E-state index in [1.165, 1.54) is 10.8 Å². The van der Waals surface area contributed by atoms with Gasteiger partial charge in [-0.25, -0.2) is 4.79 Å². The quantitative estimate of drug-likeness (QED) is 0.328. The number of rotatable bonds is 3. The fourth-order valence-corrected chi connectivity index (χ4v) is 3.68. The summed E-state index contributed by atoms with van der Waals surface area (Å²) in [4.78, 5) is 15.9. The second-order valence-corrected chi connectivity index (χ2v) is 6.62. The molecule has 0 fully saturated rings. The number of carbonyl (C=O) groups excluding carboxylic acids is 1. The highest BCUT2D eigenvalue weighted by atomic mass is 16.5. The van der Waals surface area contributed by atoms with E-state index in [9.17, 15) is 4.79 Å². The predicted octanol–water partition coefficient (Wildman–Crippen LogP) is 5.83. The molecule has 1 heterocycles. The van der Waals surface area contributed by atoms with Crippen LogP contribution in [-0.2, 0) is 11.3 Å². The van der Waals surface area contributed by atoms with Gasteiger partial charge in [0.25, 0.3) is 0 Å². The molecule has 3 heteroatoms. The number of aromatic nitrogens is 1. The number of benzene rings is 4. The number of fused-ring (bicyclic) bond motifs is 6. The van der Waals surface area contributed by atoms with Crippen molar-refractivity contribution in [2.75, 3.05) is 0 Å². The van der Waals surface area contributed by atoms with Gasteiger partial charge >= 0.3 is 5.97 Å². The third kappa shape index (κ3) is 2.64. The van der Waals surface area contributed by atoms with Crippen molar-refractivity contribution in [2.24, 2.45) is 0 Å². The molecule has 0 bridgehead atoms. The maximum absolute atomic E-state index is 12.6. The Labute approximate surface area is 156 Å². The fourth-order valence-electron chi connectivity index (χ4n) is 3.68. The molecule has 5 aromatic rings. The Kier molecular flexibility index (Phi) is 3.65. The number of carbonyl (C=O) groups is 1. The Bertz CT molecular complexity index is 1210. The number of ether oxygens (including phenoxy) is 1. The Hall–Kier alpha value is -3.59. The standard InChI is InChI=1S/C24H17NO2/c26-24(27-15-16-8-2-1-3-9-16)22-14-21-19-12-5-4-10-17(19)18-11-6-7-13-20(18)23(21)25-22/h1-14,25H,15H2. The van der Waals surface area contributed by atoms with Crippen molar-refractivity contribution >= 4 is 38.4 Å². The fraction of sp³-hybridized carbons (Fsp3) is 0.0417. The highest BCUT2D eigenvalue weighted by Gasteiger charge is 2.15. The van der Waals surface area contributed by atoms with E-state index in [4.69, 9.17) is 4.74 Å². The Morgan fingerprint density at radius 1 is 0.704 bits per heavy atom. The average Bonchev–Trinajstić information content (AvgIpc) is 3.19. The summed E-state index contributed by atoms with van der Waals surface area (Å²) in [6.07, 6.45) is 0. The molecule has 0 radical (unpaired) electrons. The second-order valence-electron chi connectivity index (χ2n) is 6.62. The van der Waals surface area contributed by atoms with Gasteiger partial charge in [-0.05, 0) is 27.8 Å². The molecule has 0 saturated carbocycles. The van der Waals surface area contributed by atoms with Crippen molar-refractivity contribution in [3.05, 3.63) is 96.2 Å². The Balaban J connectivity index is 1.62. The van der Waals surface area contributed by atoms with Crippen LogP contribution in [0.25, 0.3) is 32.4 Å². The molecule has 0 saturated heterocycles. The molecule has 1 N–H and O–H groups in total. The first-order valence-electron chi connectivity index (χ1n) is 8.94. The Morgan fingerprint density at radius 3 is 1.96 bits per heavy atom. The summed E-state index contributed by atoms with van der Waals surface area (Å²) in [5.41, 5.74) is 2.41. The molecule has 5 rings (SSSR count). The van der Waals surface area contributed by atoms with Crippen LogP contribution < -0.4 is 0 Å². The lowest BCUT2D eigenvalue weighted by molar-refractivity contribution is 0.0467. The third-order valence-corrected chi connectivity index (χ3v) is 4.95. The van der Waals surface area contributed by atoms with E-state index in [2.05, 4.69) is 29.2 Å². The highest BCUT2D eigenvalue weighted by molar-refractivity contribution is 6.25. The number of esters is 1. The SMILES string of the molecule is O=C(OCc1ccccc1)c1cc2c3ccccc3c3ccccc3c2[nH]1. The van der Waals surface area contributed by atoms with E-state index in [0.717, 1.165) is 27.2 Å². The Morgan fingerprint density at radius 2 is 1.26 bits per heavy atom. The van der Waals surface area contributed by atoms with Crippen LogP contribution in [0.15, 0.2) is 84.9 Å². The number of hydrogen-bond acceptors (Lipinski definition) is 2. The first kappa shape index (κ1) is 15.6. The normalized spacial score (nSPS) is 11.3. The first-order chi connectivity index (χ1) is 13.3. The van der Waals surface area contributed by atoms with E-state index in [0.29, 0.717) is 5.69 Å². The van der Waals surface area contributed by atoms with Crippen LogP contribution in [0.3, 0.4) is 0 Å². The molecule has 0 aliphatic rings. The molecule has 0 atom stereocenters. The minimum absolute atomic E-state index is 0.260. The maximum atomic E-state index is 12.6. The van der Waals surface area contributed by atoms with Crippen molar-refractivity contribution in [3.63, 3.8) is 0 Å². The van der Waals surface area contributed by atoms with Gasteiger partial charge in [0.05, 0.1) is 5.52 Å². The molecule has 0 unspecified atom stereocenters. The first-order valence-corrected chi connectivity index (χ1v) is 8.94. The van der Waals surface area contributed by atoms with Crippen LogP contribution >= 0.6 is 0 Å². The van der Waals surface area contributed by atoms with Crippen LogP contribution in [0, 0.1) is 0 Å². The molecular formula is C24H17NO2. The van der Waals surface area contributed by atoms with Crippen molar-refractivity contribution in [1.29, 1.82) is 0 Å². The predicted molar refractivity (Wildman–Crippen MR) is 109 cm³/mol. The van der Waals surface area contributed by atoms with Crippen LogP contribution in [0.2, 0.25) is 0 Å². The van der Waals surface area contributed by atoms with Gasteiger partial charge in [-0.15, -0.1) is 0 Å². The molecule has 0 amide bonds. The topological polar surface area (TPSA) is 42.1 Å². The molecule has 4 aromatic carbocycles. The van der Waals surface area contributed by atoms with Gasteiger partial charge in [0.15, 0.2) is 0 Å². The van der Waals surface area contributed by atoms with Crippen LogP contribution in [0.4, 0.5) is 0 Å². The summed E-state index contributed by atoms with van der Waals surface area (Å²) in [5, 5.41) is 5.63. The molecule has 0 spiro atoms. The van der Waals surface area contributed by atoms with Crippen molar-refractivity contribution < 1.29 is 9.53 Å². The van der Waals surface area contributed by atoms with Gasteiger partial charge in [-0.2, -0.15) is 0 Å². The van der Waals surface area contributed by atoms with Gasteiger partial charge in [-0.3, -0.25) is 0 Å². The smallest absolute Gasteiger partial charge is 0.355 e. The van der Waals surface area contributed by atoms with Gasteiger partial charge < -0.3 is 9.72 Å². The van der Waals surface area contributed by atoms with Crippen molar-refractivity contribution in [1.82, 2.24) is 4.98 Å². The zero-order valence-corrected chi connectivity index (χ0v) is 14.6. The minimum atomic E-state index is -0.344. The second kappa shape index (κ2) is 6.29. The average molecular weight is 351 g/mol. The largest absolute Gasteiger partial charge is 0.456 e. The number of nitrogens with one attached hydrogen (secondary N) is 1. The van der Waals surface area contributed by atoms with E-state index in [-0.39, 0.29) is 12.6 Å². The van der Waals surface area contributed by atoms with Crippen LogP contribution in [0.1, 0.15) is 16.1 Å². The van der Waals surface area contributed by atoms with E-state index >= 15 is 0 Å². The van der Waals surface area contributed by atoms with Crippen molar-refractivity contribution in [3.8, 4) is 0 Å². The van der Waals surface area contributed by atoms with Gasteiger partial charge in [0.1, 0.15) is 12.3 Å². The monoisotopic (exact) mass is 351 g/mol. The van der Waals surface area contributed by atoms with E-state index in [1.54, 1.807) is 0 Å². The summed E-state index contributed by atoms with van der Waals surface area (Å²) < 4.78 is 5.50. The lowest BCUT2D eigenvalue weighted by Gasteiger charge is -2.06. The summed E-state index contributed by atoms with van der Waals surface area (Å²) >= 11 is 0. The summed E-state index contributed by atoms with van der Waals surface area (Å²) in [6.45, 7) is 0.260. The molecule has 0 aliphatic heterocycles. The maximum Gasteiger partial charge on any atom is 0.355 e. The minimum Gasteiger partial charge on any atom is -0.456 e. The van der Waals surface area contributed by atoms with Gasteiger partial charge in [0.2, 0.25) is 0 Å². The number of aromatic amines is 1. The molecule has 1 aromatic heterocycles. The summed E-state index contributed by atoms with van der Waals surface area (Å²) in [7, 11) is 0. The summed E-state index contributed by atoms with van der Waals surface area (Å²) in [5.74, 6) is -0.344. The van der Waals surface area contributed by atoms with Crippen molar-refractivity contribution in [2.45, 2.75) is 6.61 Å². The molecule has 3 nitrogen and oxygen atoms in total. The highest BCUT2D eigenvalue weighted by Crippen LogP contribution is 2.35. The van der Waals surface area contributed by atoms with E-state index < -0.39 is 0 Å². The zero-order chi connectivity index (χ0) is 18.2.